The van der Waals surface area contributed by atoms with Crippen LogP contribution in [0.25, 0.3) is 0 Å². The maximum absolute atomic E-state index is 12.1. The molecule has 3 atom stereocenters. The second kappa shape index (κ2) is 5.85. The van der Waals surface area contributed by atoms with Crippen molar-refractivity contribution < 1.29 is 9.53 Å². The van der Waals surface area contributed by atoms with Crippen LogP contribution in [0.1, 0.15) is 46.0 Å². The average Bonchev–Trinajstić information content (AvgIpc) is 2.27. The number of carbonyl (C=O) groups excluding carboxylic acids is 1. The predicted octanol–water partition coefficient (Wildman–Crippen LogP) is 2.35. The van der Waals surface area contributed by atoms with E-state index in [1.807, 2.05) is 6.92 Å². The van der Waals surface area contributed by atoms with Gasteiger partial charge in [-0.25, -0.2) is 0 Å². The van der Waals surface area contributed by atoms with Crippen LogP contribution in [0.4, 0.5) is 0 Å². The molecule has 0 amide bonds. The highest BCUT2D eigenvalue weighted by Crippen LogP contribution is 2.30. The Morgan fingerprint density at radius 1 is 1.35 bits per heavy atom. The number of carbonyl (C=O) groups is 1. The molecule has 98 valence electrons. The minimum Gasteiger partial charge on any atom is -0.462 e. The summed E-state index contributed by atoms with van der Waals surface area (Å²) in [5, 5.41) is 3.21. The number of ether oxygens (including phenoxy) is 1. The maximum Gasteiger partial charge on any atom is 0.309 e. The molecule has 1 saturated heterocycles. The molecule has 17 heavy (non-hydrogen) atoms. The van der Waals surface area contributed by atoms with E-state index in [4.69, 9.17) is 4.74 Å². The average molecular weight is 239 g/mol. The van der Waals surface area contributed by atoms with Gasteiger partial charge in [-0.1, -0.05) is 20.3 Å². The molecule has 0 aromatic carbocycles. The van der Waals surface area contributed by atoms with E-state index in [2.05, 4.69) is 12.2 Å². The second-order valence-corrected chi connectivity index (χ2v) is 5.64. The van der Waals surface area contributed by atoms with Crippen LogP contribution in [0, 0.1) is 17.8 Å². The van der Waals surface area contributed by atoms with Crippen molar-refractivity contribution in [3.8, 4) is 0 Å². The van der Waals surface area contributed by atoms with Crippen molar-refractivity contribution in [1.82, 2.24) is 5.32 Å². The maximum atomic E-state index is 12.1. The van der Waals surface area contributed by atoms with Crippen molar-refractivity contribution in [2.75, 3.05) is 13.1 Å². The van der Waals surface area contributed by atoms with Gasteiger partial charge >= 0.3 is 5.97 Å². The van der Waals surface area contributed by atoms with E-state index >= 15 is 0 Å². The zero-order chi connectivity index (χ0) is 12.3. The lowest BCUT2D eigenvalue weighted by Crippen LogP contribution is -2.48. The van der Waals surface area contributed by atoms with Crippen molar-refractivity contribution in [3.63, 3.8) is 0 Å². The molecule has 1 aliphatic carbocycles. The van der Waals surface area contributed by atoms with Crippen LogP contribution in [0.15, 0.2) is 0 Å². The van der Waals surface area contributed by atoms with E-state index < -0.39 is 0 Å². The Labute approximate surface area is 104 Å². The first-order valence-corrected chi connectivity index (χ1v) is 7.13. The van der Waals surface area contributed by atoms with Gasteiger partial charge in [-0.05, 0) is 50.6 Å². The van der Waals surface area contributed by atoms with Gasteiger partial charge in [-0.2, -0.15) is 0 Å². The van der Waals surface area contributed by atoms with Gasteiger partial charge in [0.15, 0.2) is 0 Å². The Balaban J connectivity index is 1.83. The molecule has 1 saturated carbocycles. The second-order valence-electron chi connectivity index (χ2n) is 5.64. The summed E-state index contributed by atoms with van der Waals surface area (Å²) in [6, 6.07) is 0. The number of esters is 1. The van der Waals surface area contributed by atoms with Crippen molar-refractivity contribution >= 4 is 5.97 Å². The minimum atomic E-state index is 0.0295. The summed E-state index contributed by atoms with van der Waals surface area (Å²) in [5.41, 5.74) is 0. The molecule has 0 spiro atoms. The molecule has 3 nitrogen and oxygen atoms in total. The fourth-order valence-electron chi connectivity index (χ4n) is 2.91. The first kappa shape index (κ1) is 12.9. The van der Waals surface area contributed by atoms with E-state index in [-0.39, 0.29) is 18.0 Å². The first-order chi connectivity index (χ1) is 8.22. The quantitative estimate of drug-likeness (QED) is 0.765. The van der Waals surface area contributed by atoms with E-state index in [0.717, 1.165) is 25.9 Å². The third kappa shape index (κ3) is 3.01. The molecule has 2 fully saturated rings. The summed E-state index contributed by atoms with van der Waals surface area (Å²) in [6.07, 6.45) is 6.14. The summed E-state index contributed by atoms with van der Waals surface area (Å²) < 4.78 is 5.75. The van der Waals surface area contributed by atoms with E-state index in [0.29, 0.717) is 11.8 Å². The summed E-state index contributed by atoms with van der Waals surface area (Å²) in [4.78, 5) is 12.1. The Bertz CT molecular complexity index is 263. The van der Waals surface area contributed by atoms with Crippen LogP contribution < -0.4 is 5.32 Å². The zero-order valence-corrected chi connectivity index (χ0v) is 11.1. The molecule has 3 unspecified atom stereocenters. The molecular weight excluding hydrogens is 214 g/mol. The molecule has 2 rings (SSSR count). The van der Waals surface area contributed by atoms with E-state index in [9.17, 15) is 4.79 Å². The van der Waals surface area contributed by atoms with Crippen molar-refractivity contribution in [3.05, 3.63) is 0 Å². The highest BCUT2D eigenvalue weighted by Gasteiger charge is 2.33. The molecule has 0 radical (unpaired) electrons. The molecule has 0 bridgehead atoms. The highest BCUT2D eigenvalue weighted by atomic mass is 16.5. The molecule has 0 aromatic rings. The number of rotatable bonds is 4. The summed E-state index contributed by atoms with van der Waals surface area (Å²) in [6.45, 7) is 6.16. The van der Waals surface area contributed by atoms with Crippen LogP contribution in [0.2, 0.25) is 0 Å². The molecule has 1 aliphatic heterocycles. The van der Waals surface area contributed by atoms with Gasteiger partial charge in [-0.15, -0.1) is 0 Å². The lowest BCUT2D eigenvalue weighted by atomic mass is 9.84. The molecule has 0 aromatic heterocycles. The van der Waals surface area contributed by atoms with Crippen LogP contribution in [-0.4, -0.2) is 25.2 Å². The topological polar surface area (TPSA) is 38.3 Å². The lowest BCUT2D eigenvalue weighted by Gasteiger charge is -2.35. The zero-order valence-electron chi connectivity index (χ0n) is 11.1. The summed E-state index contributed by atoms with van der Waals surface area (Å²) in [5.74, 6) is 1.18. The normalized spacial score (nSPS) is 31.6. The van der Waals surface area contributed by atoms with Crippen LogP contribution in [0.3, 0.4) is 0 Å². The number of hydrogen-bond acceptors (Lipinski definition) is 3. The van der Waals surface area contributed by atoms with E-state index in [1.165, 1.54) is 19.3 Å². The van der Waals surface area contributed by atoms with Crippen molar-refractivity contribution in [2.45, 2.75) is 52.1 Å². The molecule has 2 aliphatic rings. The van der Waals surface area contributed by atoms with Gasteiger partial charge in [0, 0.05) is 0 Å². The molecule has 1 heterocycles. The Morgan fingerprint density at radius 3 is 2.65 bits per heavy atom. The Kier molecular flexibility index (Phi) is 4.43. The number of hydrogen-bond donors (Lipinski definition) is 1. The largest absolute Gasteiger partial charge is 0.462 e. The SMILES string of the molecule is CCC1CCCCC1OC(=O)C(C)C1CNC1. The first-order valence-electron chi connectivity index (χ1n) is 7.13. The van der Waals surface area contributed by atoms with Crippen LogP contribution >= 0.6 is 0 Å². The predicted molar refractivity (Wildman–Crippen MR) is 67.7 cm³/mol. The van der Waals surface area contributed by atoms with Crippen molar-refractivity contribution in [1.29, 1.82) is 0 Å². The standard InChI is InChI=1S/C14H25NO2/c1-3-11-6-4-5-7-13(11)17-14(16)10(2)12-8-15-9-12/h10-13,15H,3-9H2,1-2H3. The van der Waals surface area contributed by atoms with Gasteiger partial charge < -0.3 is 10.1 Å². The Morgan fingerprint density at radius 2 is 2.06 bits per heavy atom. The highest BCUT2D eigenvalue weighted by molar-refractivity contribution is 5.72. The fourth-order valence-corrected chi connectivity index (χ4v) is 2.91. The van der Waals surface area contributed by atoms with Gasteiger partial charge in [0.2, 0.25) is 0 Å². The third-order valence-corrected chi connectivity index (χ3v) is 4.52. The van der Waals surface area contributed by atoms with Gasteiger partial charge in [-0.3, -0.25) is 4.79 Å². The van der Waals surface area contributed by atoms with E-state index in [1.54, 1.807) is 0 Å². The summed E-state index contributed by atoms with van der Waals surface area (Å²) in [7, 11) is 0. The van der Waals surface area contributed by atoms with Gasteiger partial charge in [0.05, 0.1) is 5.92 Å². The monoisotopic (exact) mass is 239 g/mol. The Hall–Kier alpha value is -0.570. The summed E-state index contributed by atoms with van der Waals surface area (Å²) >= 11 is 0. The molecule has 1 N–H and O–H groups in total. The fraction of sp³-hybridized carbons (Fsp3) is 0.929. The lowest BCUT2D eigenvalue weighted by molar-refractivity contribution is -0.160. The minimum absolute atomic E-state index is 0.0295. The molecular formula is C14H25NO2. The van der Waals surface area contributed by atoms with Gasteiger partial charge in [0.1, 0.15) is 6.10 Å². The third-order valence-electron chi connectivity index (χ3n) is 4.52. The molecule has 3 heteroatoms. The van der Waals surface area contributed by atoms with Crippen LogP contribution in [-0.2, 0) is 9.53 Å². The smallest absolute Gasteiger partial charge is 0.309 e. The van der Waals surface area contributed by atoms with Gasteiger partial charge in [0.25, 0.3) is 0 Å². The van der Waals surface area contributed by atoms with Crippen molar-refractivity contribution in [2.24, 2.45) is 17.8 Å². The number of nitrogens with one attached hydrogen (secondary N) is 1. The van der Waals surface area contributed by atoms with Crippen LogP contribution in [0.5, 0.6) is 0 Å².